The molecule has 0 spiro atoms. The van der Waals surface area contributed by atoms with E-state index in [0.29, 0.717) is 29.9 Å². The third-order valence-electron chi connectivity index (χ3n) is 1.58. The van der Waals surface area contributed by atoms with Crippen molar-refractivity contribution in [2.24, 2.45) is 0 Å². The van der Waals surface area contributed by atoms with Gasteiger partial charge in [-0.15, -0.1) is 0 Å². The summed E-state index contributed by atoms with van der Waals surface area (Å²) in [6, 6.07) is 0. The van der Waals surface area contributed by atoms with Crippen LogP contribution in [0.5, 0.6) is 0 Å². The second-order valence-corrected chi connectivity index (χ2v) is 10.0. The molecular weight excluding hydrogens is 346 g/mol. The molecule has 0 bridgehead atoms. The standard InChI is InChI=1S/C8H4N2S2Se2/c1-2-10-6-5(9-1)13-8(14-6)7-11-3-4-12-7/h1-4H. The van der Waals surface area contributed by atoms with Gasteiger partial charge in [0.1, 0.15) is 0 Å². The van der Waals surface area contributed by atoms with Gasteiger partial charge < -0.3 is 0 Å². The quantitative estimate of drug-likeness (QED) is 0.626. The second kappa shape index (κ2) is 4.05. The van der Waals surface area contributed by atoms with Gasteiger partial charge in [-0.1, -0.05) is 0 Å². The van der Waals surface area contributed by atoms with Crippen molar-refractivity contribution in [3.63, 3.8) is 0 Å². The van der Waals surface area contributed by atoms with Crippen molar-refractivity contribution < 1.29 is 0 Å². The van der Waals surface area contributed by atoms with E-state index in [1.165, 1.54) is 13.4 Å². The number of fused-ring (bicyclic) bond motifs is 1. The molecule has 0 radical (unpaired) electrons. The Morgan fingerprint density at radius 1 is 0.929 bits per heavy atom. The first-order valence-electron chi connectivity index (χ1n) is 3.83. The fourth-order valence-corrected chi connectivity index (χ4v) is 9.87. The SMILES string of the molecule is C1=CSC(=C2[Se]c3nccnc3[Se]2)S1. The van der Waals surface area contributed by atoms with Gasteiger partial charge in [0.15, 0.2) is 0 Å². The zero-order valence-electron chi connectivity index (χ0n) is 6.84. The Hall–Kier alpha value is 0.299. The second-order valence-electron chi connectivity index (χ2n) is 2.45. The predicted molar refractivity (Wildman–Crippen MR) is 64.2 cm³/mol. The molecule has 70 valence electrons. The predicted octanol–water partition coefficient (Wildman–Crippen LogP) is 0.227. The van der Waals surface area contributed by atoms with Crippen molar-refractivity contribution >= 4 is 62.6 Å². The monoisotopic (exact) mass is 352 g/mol. The Kier molecular flexibility index (Phi) is 2.75. The first-order chi connectivity index (χ1) is 6.93. The molecule has 3 heterocycles. The molecule has 2 aliphatic heterocycles. The average Bonchev–Trinajstić information content (AvgIpc) is 2.86. The maximum absolute atomic E-state index is 4.39. The van der Waals surface area contributed by atoms with Crippen molar-refractivity contribution in [2.45, 2.75) is 0 Å². The minimum atomic E-state index is 0.435. The van der Waals surface area contributed by atoms with Crippen LogP contribution in [-0.4, -0.2) is 39.9 Å². The maximum atomic E-state index is 4.39. The van der Waals surface area contributed by atoms with Crippen LogP contribution >= 0.6 is 23.5 Å². The summed E-state index contributed by atoms with van der Waals surface area (Å²) < 4.78 is 5.57. The molecule has 0 saturated carbocycles. The summed E-state index contributed by atoms with van der Waals surface area (Å²) >= 11 is 4.57. The molecule has 0 aromatic carbocycles. The van der Waals surface area contributed by atoms with Gasteiger partial charge in [0.05, 0.1) is 0 Å². The van der Waals surface area contributed by atoms with E-state index in [4.69, 9.17) is 0 Å². The van der Waals surface area contributed by atoms with E-state index in [-0.39, 0.29) is 0 Å². The normalized spacial score (nSPS) is 19.1. The van der Waals surface area contributed by atoms with Crippen LogP contribution in [-0.2, 0) is 0 Å². The molecule has 2 nitrogen and oxygen atoms in total. The summed E-state index contributed by atoms with van der Waals surface area (Å²) in [5.41, 5.74) is 0. The number of nitrogens with zero attached hydrogens (tertiary/aromatic N) is 2. The van der Waals surface area contributed by atoms with Gasteiger partial charge in [-0.25, -0.2) is 0 Å². The Labute approximate surface area is 103 Å². The minimum absolute atomic E-state index is 0.435. The summed E-state index contributed by atoms with van der Waals surface area (Å²) in [6.07, 6.45) is 3.61. The summed E-state index contributed by atoms with van der Waals surface area (Å²) in [4.78, 5) is 8.78. The van der Waals surface area contributed by atoms with Crippen LogP contribution in [0.15, 0.2) is 30.8 Å². The summed E-state index contributed by atoms with van der Waals surface area (Å²) in [5.74, 6) is 0. The summed E-state index contributed by atoms with van der Waals surface area (Å²) in [7, 11) is 0. The van der Waals surface area contributed by atoms with Gasteiger partial charge >= 0.3 is 103 Å². The molecule has 6 heteroatoms. The zero-order chi connectivity index (χ0) is 9.38. The van der Waals surface area contributed by atoms with Crippen molar-refractivity contribution in [2.75, 3.05) is 0 Å². The third-order valence-corrected chi connectivity index (χ3v) is 11.1. The molecule has 0 atom stereocenters. The van der Waals surface area contributed by atoms with Crippen molar-refractivity contribution in [1.29, 1.82) is 0 Å². The average molecular weight is 350 g/mol. The van der Waals surface area contributed by atoms with E-state index >= 15 is 0 Å². The van der Waals surface area contributed by atoms with Gasteiger partial charge in [0.2, 0.25) is 0 Å². The van der Waals surface area contributed by atoms with Gasteiger partial charge in [-0.05, 0) is 0 Å². The molecule has 2 aliphatic rings. The van der Waals surface area contributed by atoms with E-state index in [1.54, 1.807) is 15.8 Å². The zero-order valence-corrected chi connectivity index (χ0v) is 11.9. The van der Waals surface area contributed by atoms with Gasteiger partial charge in [-0.2, -0.15) is 0 Å². The molecular formula is C8H4N2S2Se2. The van der Waals surface area contributed by atoms with E-state index in [2.05, 4.69) is 20.8 Å². The number of rotatable bonds is 0. The number of thioether (sulfide) groups is 2. The Morgan fingerprint density at radius 2 is 1.50 bits per heavy atom. The van der Waals surface area contributed by atoms with E-state index < -0.39 is 0 Å². The molecule has 14 heavy (non-hydrogen) atoms. The Bertz CT molecular complexity index is 408. The van der Waals surface area contributed by atoms with Crippen LogP contribution in [0, 0.1) is 0 Å². The van der Waals surface area contributed by atoms with Crippen LogP contribution in [0.1, 0.15) is 0 Å². The van der Waals surface area contributed by atoms with Crippen LogP contribution in [0.4, 0.5) is 0 Å². The first-order valence-corrected chi connectivity index (χ1v) is 9.01. The van der Waals surface area contributed by atoms with E-state index in [9.17, 15) is 0 Å². The third kappa shape index (κ3) is 1.71. The molecule has 0 aliphatic carbocycles. The van der Waals surface area contributed by atoms with Gasteiger partial charge in [-0.3, -0.25) is 0 Å². The van der Waals surface area contributed by atoms with Gasteiger partial charge in [0.25, 0.3) is 0 Å². The van der Waals surface area contributed by atoms with Crippen molar-refractivity contribution in [3.8, 4) is 0 Å². The fourth-order valence-electron chi connectivity index (χ4n) is 1.04. The van der Waals surface area contributed by atoms with Crippen LogP contribution in [0.25, 0.3) is 0 Å². The molecule has 0 fully saturated rings. The molecule has 0 N–H and O–H groups in total. The topological polar surface area (TPSA) is 25.8 Å². The molecule has 0 unspecified atom stereocenters. The molecule has 3 rings (SSSR count). The van der Waals surface area contributed by atoms with Gasteiger partial charge in [0, 0.05) is 0 Å². The number of aromatic nitrogens is 2. The first kappa shape index (κ1) is 9.52. The van der Waals surface area contributed by atoms with Crippen molar-refractivity contribution in [3.05, 3.63) is 30.8 Å². The Balaban J connectivity index is 1.95. The molecule has 0 saturated heterocycles. The van der Waals surface area contributed by atoms with Crippen LogP contribution in [0.3, 0.4) is 0 Å². The molecule has 1 aromatic rings. The van der Waals surface area contributed by atoms with Crippen molar-refractivity contribution in [1.82, 2.24) is 9.97 Å². The molecule has 1 aromatic heterocycles. The Morgan fingerprint density at radius 3 is 2.07 bits per heavy atom. The number of hydrogen-bond donors (Lipinski definition) is 0. The van der Waals surface area contributed by atoms with Crippen LogP contribution < -0.4 is 9.18 Å². The summed E-state index contributed by atoms with van der Waals surface area (Å²) in [6.45, 7) is 0. The molecule has 0 amide bonds. The number of hydrogen-bond acceptors (Lipinski definition) is 4. The van der Waals surface area contributed by atoms with Crippen LogP contribution in [0.2, 0.25) is 0 Å². The van der Waals surface area contributed by atoms with E-state index in [0.717, 1.165) is 0 Å². The fraction of sp³-hybridized carbons (Fsp3) is 0. The van der Waals surface area contributed by atoms with E-state index in [1.807, 2.05) is 23.5 Å². The summed E-state index contributed by atoms with van der Waals surface area (Å²) in [5, 5.41) is 4.31.